The number of carbonyl (C=O) groups is 2. The van der Waals surface area contributed by atoms with Crippen molar-refractivity contribution in [1.82, 2.24) is 25.1 Å². The number of thioether (sulfide) groups is 1. The lowest BCUT2D eigenvalue weighted by atomic mass is 10.1. The minimum Gasteiger partial charge on any atom is -0.367 e. The van der Waals surface area contributed by atoms with E-state index in [1.807, 2.05) is 30.3 Å². The Morgan fingerprint density at radius 2 is 2.03 bits per heavy atom. The van der Waals surface area contributed by atoms with E-state index in [1.54, 1.807) is 27.5 Å². The Hall–Kier alpha value is -3.14. The SMILES string of the molecule is CCSc1nc(NC(C)C)c2cnn(CCNC(=O)C3CC(=O)N(c4ccccc4)C3)c2n1. The average molecular weight is 468 g/mol. The first-order chi connectivity index (χ1) is 16.0. The summed E-state index contributed by atoms with van der Waals surface area (Å²) in [4.78, 5) is 36.1. The summed E-state index contributed by atoms with van der Waals surface area (Å²) in [6.45, 7) is 7.47. The van der Waals surface area contributed by atoms with Gasteiger partial charge in [0.05, 0.1) is 24.0 Å². The molecule has 1 aliphatic heterocycles. The van der Waals surface area contributed by atoms with E-state index in [9.17, 15) is 9.59 Å². The van der Waals surface area contributed by atoms with Crippen LogP contribution in [-0.4, -0.2) is 56.4 Å². The number of fused-ring (bicyclic) bond motifs is 1. The van der Waals surface area contributed by atoms with Gasteiger partial charge in [-0.3, -0.25) is 9.59 Å². The van der Waals surface area contributed by atoms with Crippen molar-refractivity contribution < 1.29 is 9.59 Å². The quantitative estimate of drug-likeness (QED) is 0.368. The molecular weight excluding hydrogens is 438 g/mol. The van der Waals surface area contributed by atoms with Gasteiger partial charge >= 0.3 is 0 Å². The highest BCUT2D eigenvalue weighted by atomic mass is 32.2. The topological polar surface area (TPSA) is 105 Å². The van der Waals surface area contributed by atoms with Crippen LogP contribution < -0.4 is 15.5 Å². The van der Waals surface area contributed by atoms with Gasteiger partial charge in [-0.25, -0.2) is 14.6 Å². The standard InChI is InChI=1S/C23H29N7O2S/c1-4-33-23-27-20(26-15(2)3)18-13-25-30(21(18)28-23)11-10-24-22(32)16-12-19(31)29(14-16)17-8-6-5-7-9-17/h5-9,13,15-16H,4,10-12,14H2,1-3H3,(H,24,32)(H,26,27,28). The van der Waals surface area contributed by atoms with Crippen molar-refractivity contribution in [1.29, 1.82) is 0 Å². The molecule has 174 valence electrons. The van der Waals surface area contributed by atoms with Gasteiger partial charge in [-0.15, -0.1) is 0 Å². The fourth-order valence-electron chi connectivity index (χ4n) is 3.85. The van der Waals surface area contributed by atoms with E-state index in [0.29, 0.717) is 24.8 Å². The van der Waals surface area contributed by atoms with Gasteiger partial charge in [0.25, 0.3) is 0 Å². The highest BCUT2D eigenvalue weighted by Gasteiger charge is 2.34. The zero-order valence-corrected chi connectivity index (χ0v) is 19.9. The number of benzene rings is 1. The van der Waals surface area contributed by atoms with Crippen LogP contribution in [0.1, 0.15) is 27.2 Å². The van der Waals surface area contributed by atoms with Crippen LogP contribution in [0.2, 0.25) is 0 Å². The second kappa shape index (κ2) is 10.2. The molecular formula is C23H29N7O2S. The summed E-state index contributed by atoms with van der Waals surface area (Å²) in [7, 11) is 0. The largest absolute Gasteiger partial charge is 0.367 e. The highest BCUT2D eigenvalue weighted by Crippen LogP contribution is 2.26. The summed E-state index contributed by atoms with van der Waals surface area (Å²) in [6, 6.07) is 9.69. The summed E-state index contributed by atoms with van der Waals surface area (Å²) in [5.74, 6) is 1.15. The molecule has 0 saturated carbocycles. The van der Waals surface area contributed by atoms with Crippen molar-refractivity contribution in [3.63, 3.8) is 0 Å². The summed E-state index contributed by atoms with van der Waals surface area (Å²) >= 11 is 1.58. The molecule has 1 aliphatic rings. The van der Waals surface area contributed by atoms with E-state index >= 15 is 0 Å². The van der Waals surface area contributed by atoms with Crippen molar-refractivity contribution in [3.8, 4) is 0 Å². The van der Waals surface area contributed by atoms with Crippen LogP contribution in [0.3, 0.4) is 0 Å². The number of carbonyl (C=O) groups excluding carboxylic acids is 2. The first-order valence-corrected chi connectivity index (χ1v) is 12.2. The molecule has 3 heterocycles. The van der Waals surface area contributed by atoms with Crippen LogP contribution in [0.5, 0.6) is 0 Å². The van der Waals surface area contributed by atoms with Gasteiger partial charge in [0, 0.05) is 31.2 Å². The van der Waals surface area contributed by atoms with Gasteiger partial charge in [-0.05, 0) is 31.7 Å². The summed E-state index contributed by atoms with van der Waals surface area (Å²) < 4.78 is 1.79. The molecule has 1 fully saturated rings. The molecule has 1 aromatic carbocycles. The molecule has 1 unspecified atom stereocenters. The molecule has 0 radical (unpaired) electrons. The third-order valence-electron chi connectivity index (χ3n) is 5.36. The first kappa shape index (κ1) is 23.0. The lowest BCUT2D eigenvalue weighted by Crippen LogP contribution is -2.35. The minimum absolute atomic E-state index is 0.0257. The van der Waals surface area contributed by atoms with Gasteiger partial charge in [0.15, 0.2) is 10.8 Å². The van der Waals surface area contributed by atoms with Crippen LogP contribution in [-0.2, 0) is 16.1 Å². The van der Waals surface area contributed by atoms with Gasteiger partial charge in [0.1, 0.15) is 5.82 Å². The number of hydrogen-bond acceptors (Lipinski definition) is 7. The summed E-state index contributed by atoms with van der Waals surface area (Å²) in [5.41, 5.74) is 1.57. The van der Waals surface area contributed by atoms with Crippen molar-refractivity contribution >= 4 is 46.1 Å². The van der Waals surface area contributed by atoms with Crippen molar-refractivity contribution in [2.75, 3.05) is 29.1 Å². The maximum absolute atomic E-state index is 12.7. The van der Waals surface area contributed by atoms with Crippen molar-refractivity contribution in [2.45, 2.75) is 44.9 Å². The molecule has 0 bridgehead atoms. The number of nitrogens with zero attached hydrogens (tertiary/aromatic N) is 5. The van der Waals surface area contributed by atoms with E-state index in [0.717, 1.165) is 28.3 Å². The highest BCUT2D eigenvalue weighted by molar-refractivity contribution is 7.99. The Kier molecular flexibility index (Phi) is 7.12. The first-order valence-electron chi connectivity index (χ1n) is 11.2. The molecule has 0 aliphatic carbocycles. The zero-order valence-electron chi connectivity index (χ0n) is 19.1. The molecule has 1 saturated heterocycles. The van der Waals surface area contributed by atoms with E-state index in [1.165, 1.54) is 0 Å². The number of nitrogens with one attached hydrogen (secondary N) is 2. The molecule has 0 spiro atoms. The second-order valence-corrected chi connectivity index (χ2v) is 9.45. The number of amides is 2. The Morgan fingerprint density at radius 1 is 1.24 bits per heavy atom. The molecule has 10 heteroatoms. The third kappa shape index (κ3) is 5.27. The Balaban J connectivity index is 1.40. The Bertz CT molecular complexity index is 1130. The maximum atomic E-state index is 12.7. The number of hydrogen-bond donors (Lipinski definition) is 2. The van der Waals surface area contributed by atoms with Crippen LogP contribution in [0.4, 0.5) is 11.5 Å². The molecule has 9 nitrogen and oxygen atoms in total. The number of rotatable bonds is 9. The lowest BCUT2D eigenvalue weighted by Gasteiger charge is -2.16. The Morgan fingerprint density at radius 3 is 2.76 bits per heavy atom. The molecule has 2 N–H and O–H groups in total. The summed E-state index contributed by atoms with van der Waals surface area (Å²) in [5, 5.41) is 12.4. The molecule has 2 amide bonds. The molecule has 4 rings (SSSR count). The minimum atomic E-state index is -0.358. The van der Waals surface area contributed by atoms with Gasteiger partial charge in [-0.2, -0.15) is 5.10 Å². The molecule has 33 heavy (non-hydrogen) atoms. The maximum Gasteiger partial charge on any atom is 0.227 e. The predicted molar refractivity (Wildman–Crippen MR) is 130 cm³/mol. The van der Waals surface area contributed by atoms with Crippen molar-refractivity contribution in [3.05, 3.63) is 36.5 Å². The van der Waals surface area contributed by atoms with Crippen LogP contribution in [0.15, 0.2) is 41.7 Å². The number of aromatic nitrogens is 4. The third-order valence-corrected chi connectivity index (χ3v) is 6.09. The molecule has 2 aromatic heterocycles. The normalized spacial score (nSPS) is 16.1. The van der Waals surface area contributed by atoms with E-state index in [-0.39, 0.29) is 30.2 Å². The number of para-hydroxylation sites is 1. The summed E-state index contributed by atoms with van der Waals surface area (Å²) in [6.07, 6.45) is 1.98. The predicted octanol–water partition coefficient (Wildman–Crippen LogP) is 2.93. The smallest absolute Gasteiger partial charge is 0.227 e. The van der Waals surface area contributed by atoms with Crippen LogP contribution in [0.25, 0.3) is 11.0 Å². The van der Waals surface area contributed by atoms with Crippen molar-refractivity contribution in [2.24, 2.45) is 5.92 Å². The van der Waals surface area contributed by atoms with E-state index < -0.39 is 0 Å². The fraction of sp³-hybridized carbons (Fsp3) is 0.435. The Labute approximate surface area is 197 Å². The van der Waals surface area contributed by atoms with E-state index in [2.05, 4.69) is 46.5 Å². The monoisotopic (exact) mass is 467 g/mol. The van der Waals surface area contributed by atoms with Crippen LogP contribution in [0, 0.1) is 5.92 Å². The average Bonchev–Trinajstić information content (AvgIpc) is 3.38. The van der Waals surface area contributed by atoms with E-state index in [4.69, 9.17) is 0 Å². The fourth-order valence-corrected chi connectivity index (χ4v) is 4.41. The second-order valence-electron chi connectivity index (χ2n) is 8.22. The van der Waals surface area contributed by atoms with Gasteiger partial charge in [0.2, 0.25) is 11.8 Å². The van der Waals surface area contributed by atoms with Gasteiger partial charge in [-0.1, -0.05) is 36.9 Å². The zero-order chi connectivity index (χ0) is 23.4. The molecule has 1 atom stereocenters. The lowest BCUT2D eigenvalue weighted by molar-refractivity contribution is -0.126. The van der Waals surface area contributed by atoms with Crippen LogP contribution >= 0.6 is 11.8 Å². The number of anilines is 2. The molecule has 3 aromatic rings. The van der Waals surface area contributed by atoms with Gasteiger partial charge < -0.3 is 15.5 Å².